The molecule has 2 aliphatic heterocycles. The first-order valence-electron chi connectivity index (χ1n) is 11.3. The van der Waals surface area contributed by atoms with E-state index >= 15 is 0 Å². The third-order valence-corrected chi connectivity index (χ3v) is 6.54. The number of hydrogen-bond acceptors (Lipinski definition) is 5. The highest BCUT2D eigenvalue weighted by Crippen LogP contribution is 2.33. The number of carbonyl (C=O) groups is 2. The molecular formula is C25H31N3O4. The summed E-state index contributed by atoms with van der Waals surface area (Å²) in [5.74, 6) is 1.24. The van der Waals surface area contributed by atoms with Crippen LogP contribution in [0.15, 0.2) is 42.7 Å². The Morgan fingerprint density at radius 2 is 2.00 bits per heavy atom. The number of carbonyl (C=O) groups excluding carboxylic acids is 2. The number of aromatic nitrogens is 1. The summed E-state index contributed by atoms with van der Waals surface area (Å²) < 4.78 is 10.7. The Hall–Kier alpha value is -3.09. The maximum atomic E-state index is 13.4. The van der Waals surface area contributed by atoms with Crippen molar-refractivity contribution in [2.45, 2.75) is 38.1 Å². The van der Waals surface area contributed by atoms with Crippen molar-refractivity contribution in [1.82, 2.24) is 14.8 Å². The van der Waals surface area contributed by atoms with Crippen LogP contribution < -0.4 is 9.47 Å². The van der Waals surface area contributed by atoms with Crippen molar-refractivity contribution >= 4 is 11.8 Å². The van der Waals surface area contributed by atoms with Crippen LogP contribution >= 0.6 is 0 Å². The molecule has 0 bridgehead atoms. The fraction of sp³-hybridized carbons (Fsp3) is 0.480. The van der Waals surface area contributed by atoms with Crippen molar-refractivity contribution in [1.29, 1.82) is 0 Å². The van der Waals surface area contributed by atoms with Gasteiger partial charge in [0.05, 0.1) is 26.2 Å². The Morgan fingerprint density at radius 1 is 1.16 bits per heavy atom. The molecule has 2 aromatic rings. The standard InChI is InChI=1S/C25H31N3O4/c1-31-22-9-8-18(14-23(22)32-2)10-13-27-17-20(15-24(27)29)25(30)28-12-4-3-7-21(28)19-6-5-11-26-16-19/h5-6,8-9,11,14,16,20-21H,3-4,7,10,12-13,15,17H2,1-2H3/t20?,21-/m0/s1. The lowest BCUT2D eigenvalue weighted by Crippen LogP contribution is -2.42. The molecule has 2 fully saturated rings. The lowest BCUT2D eigenvalue weighted by Gasteiger charge is -2.37. The topological polar surface area (TPSA) is 72.0 Å². The molecule has 1 aromatic carbocycles. The van der Waals surface area contributed by atoms with E-state index in [0.717, 1.165) is 36.9 Å². The van der Waals surface area contributed by atoms with E-state index in [4.69, 9.17) is 9.47 Å². The van der Waals surface area contributed by atoms with Gasteiger partial charge in [0, 0.05) is 38.4 Å². The van der Waals surface area contributed by atoms with E-state index < -0.39 is 0 Å². The molecule has 2 saturated heterocycles. The third kappa shape index (κ3) is 4.71. The van der Waals surface area contributed by atoms with Crippen LogP contribution in [0.4, 0.5) is 0 Å². The van der Waals surface area contributed by atoms with Crippen LogP contribution in [-0.4, -0.2) is 60.5 Å². The minimum Gasteiger partial charge on any atom is -0.493 e. The molecule has 0 saturated carbocycles. The van der Waals surface area contributed by atoms with Crippen molar-refractivity contribution in [2.75, 3.05) is 33.9 Å². The number of piperidine rings is 1. The molecule has 1 aromatic heterocycles. The fourth-order valence-electron chi connectivity index (χ4n) is 4.80. The van der Waals surface area contributed by atoms with Crippen LogP contribution in [0.2, 0.25) is 0 Å². The smallest absolute Gasteiger partial charge is 0.228 e. The molecule has 2 aliphatic rings. The fourth-order valence-corrected chi connectivity index (χ4v) is 4.80. The zero-order valence-electron chi connectivity index (χ0n) is 18.8. The minimum atomic E-state index is -0.273. The number of ether oxygens (including phenoxy) is 2. The quantitative estimate of drug-likeness (QED) is 0.665. The number of amides is 2. The van der Waals surface area contributed by atoms with Gasteiger partial charge in [-0.1, -0.05) is 12.1 Å². The summed E-state index contributed by atoms with van der Waals surface area (Å²) >= 11 is 0. The van der Waals surface area contributed by atoms with Gasteiger partial charge in [0.1, 0.15) is 0 Å². The molecular weight excluding hydrogens is 406 g/mol. The summed E-state index contributed by atoms with van der Waals surface area (Å²) in [5.41, 5.74) is 2.15. The highest BCUT2D eigenvalue weighted by Gasteiger charge is 2.39. The monoisotopic (exact) mass is 437 g/mol. The first kappa shape index (κ1) is 22.1. The predicted octanol–water partition coefficient (Wildman–Crippen LogP) is 3.24. The van der Waals surface area contributed by atoms with Gasteiger partial charge in [0.25, 0.3) is 0 Å². The van der Waals surface area contributed by atoms with Gasteiger partial charge in [-0.2, -0.15) is 0 Å². The number of likely N-dealkylation sites (tertiary alicyclic amines) is 2. The second-order valence-electron chi connectivity index (χ2n) is 8.51. The van der Waals surface area contributed by atoms with Gasteiger partial charge in [0.15, 0.2) is 11.5 Å². The SMILES string of the molecule is COc1ccc(CCN2CC(C(=O)N3CCCC[C@H]3c3cccnc3)CC2=O)cc1OC. The maximum absolute atomic E-state index is 13.4. The van der Waals surface area contributed by atoms with Crippen LogP contribution in [0.5, 0.6) is 11.5 Å². The van der Waals surface area contributed by atoms with Crippen LogP contribution in [0.3, 0.4) is 0 Å². The minimum absolute atomic E-state index is 0.0544. The van der Waals surface area contributed by atoms with Crippen LogP contribution in [0.1, 0.15) is 42.9 Å². The summed E-state index contributed by atoms with van der Waals surface area (Å²) in [5, 5.41) is 0. The number of nitrogens with zero attached hydrogens (tertiary/aromatic N) is 3. The molecule has 0 spiro atoms. The Morgan fingerprint density at radius 3 is 2.75 bits per heavy atom. The van der Waals surface area contributed by atoms with Crippen molar-refractivity contribution in [3.63, 3.8) is 0 Å². The number of benzene rings is 1. The zero-order valence-corrected chi connectivity index (χ0v) is 18.8. The predicted molar refractivity (Wildman–Crippen MR) is 120 cm³/mol. The highest BCUT2D eigenvalue weighted by atomic mass is 16.5. The van der Waals surface area contributed by atoms with E-state index in [0.29, 0.717) is 37.4 Å². The van der Waals surface area contributed by atoms with Gasteiger partial charge in [-0.25, -0.2) is 0 Å². The van der Waals surface area contributed by atoms with E-state index in [1.165, 1.54) is 0 Å². The van der Waals surface area contributed by atoms with Crippen molar-refractivity contribution in [3.8, 4) is 11.5 Å². The second-order valence-corrected chi connectivity index (χ2v) is 8.51. The van der Waals surface area contributed by atoms with Gasteiger partial charge in [0.2, 0.25) is 11.8 Å². The average molecular weight is 438 g/mol. The Kier molecular flexibility index (Phi) is 6.93. The molecule has 4 rings (SSSR count). The van der Waals surface area contributed by atoms with Crippen LogP contribution in [0.25, 0.3) is 0 Å². The number of methoxy groups -OCH3 is 2. The molecule has 0 N–H and O–H groups in total. The number of pyridine rings is 1. The van der Waals surface area contributed by atoms with E-state index in [9.17, 15) is 9.59 Å². The first-order chi connectivity index (χ1) is 15.6. The molecule has 0 radical (unpaired) electrons. The number of rotatable bonds is 7. The van der Waals surface area contributed by atoms with Crippen molar-refractivity contribution < 1.29 is 19.1 Å². The summed E-state index contributed by atoms with van der Waals surface area (Å²) in [6.45, 7) is 1.82. The summed E-state index contributed by atoms with van der Waals surface area (Å²) in [6.07, 6.45) is 7.66. The molecule has 170 valence electrons. The van der Waals surface area contributed by atoms with Crippen molar-refractivity contribution in [2.24, 2.45) is 5.92 Å². The summed E-state index contributed by atoms with van der Waals surface area (Å²) in [4.78, 5) is 34.1. The maximum Gasteiger partial charge on any atom is 0.228 e. The average Bonchev–Trinajstić information content (AvgIpc) is 3.23. The largest absolute Gasteiger partial charge is 0.493 e. The lowest BCUT2D eigenvalue weighted by atomic mass is 9.94. The van der Waals surface area contributed by atoms with Crippen LogP contribution in [0, 0.1) is 5.92 Å². The van der Waals surface area contributed by atoms with E-state index in [1.807, 2.05) is 46.3 Å². The normalized spacial score (nSPS) is 21.0. The van der Waals surface area contributed by atoms with E-state index in [2.05, 4.69) is 4.98 Å². The Bertz CT molecular complexity index is 949. The zero-order chi connectivity index (χ0) is 22.5. The Labute approximate surface area is 189 Å². The molecule has 32 heavy (non-hydrogen) atoms. The van der Waals surface area contributed by atoms with Gasteiger partial charge < -0.3 is 19.3 Å². The van der Waals surface area contributed by atoms with Gasteiger partial charge in [-0.3, -0.25) is 14.6 Å². The molecule has 7 heteroatoms. The van der Waals surface area contributed by atoms with Gasteiger partial charge in [-0.15, -0.1) is 0 Å². The highest BCUT2D eigenvalue weighted by molar-refractivity contribution is 5.89. The lowest BCUT2D eigenvalue weighted by molar-refractivity contribution is -0.139. The van der Waals surface area contributed by atoms with Crippen LogP contribution in [-0.2, 0) is 16.0 Å². The molecule has 1 unspecified atom stereocenters. The molecule has 7 nitrogen and oxygen atoms in total. The van der Waals surface area contributed by atoms with Gasteiger partial charge >= 0.3 is 0 Å². The second kappa shape index (κ2) is 10.0. The van der Waals surface area contributed by atoms with E-state index in [1.54, 1.807) is 20.4 Å². The molecule has 2 atom stereocenters. The molecule has 2 amide bonds. The van der Waals surface area contributed by atoms with Gasteiger partial charge in [-0.05, 0) is 55.0 Å². The Balaban J connectivity index is 1.39. The summed E-state index contributed by atoms with van der Waals surface area (Å²) in [6, 6.07) is 9.81. The summed E-state index contributed by atoms with van der Waals surface area (Å²) in [7, 11) is 3.22. The third-order valence-electron chi connectivity index (χ3n) is 6.54. The number of hydrogen-bond donors (Lipinski definition) is 0. The van der Waals surface area contributed by atoms with Crippen molar-refractivity contribution in [3.05, 3.63) is 53.9 Å². The molecule has 3 heterocycles. The first-order valence-corrected chi connectivity index (χ1v) is 11.3. The van der Waals surface area contributed by atoms with E-state index in [-0.39, 0.29) is 23.8 Å². The molecule has 0 aliphatic carbocycles.